The Balaban J connectivity index is 1.49. The van der Waals surface area contributed by atoms with Crippen LogP contribution in [-0.2, 0) is 4.79 Å². The van der Waals surface area contributed by atoms with E-state index >= 15 is 0 Å². The van der Waals surface area contributed by atoms with Crippen LogP contribution in [0.1, 0.15) is 34.0 Å². The Kier molecular flexibility index (Phi) is 9.37. The summed E-state index contributed by atoms with van der Waals surface area (Å²) in [5, 5.41) is 0.0432. The first-order valence-electron chi connectivity index (χ1n) is 12.1. The zero-order valence-electron chi connectivity index (χ0n) is 21.5. The first-order valence-corrected chi connectivity index (χ1v) is 14.0. The fraction of sp³-hybridized carbons (Fsp3) is 0.207. The third-order valence-electron chi connectivity index (χ3n) is 5.67. The molecule has 1 heterocycles. The third-order valence-corrected chi connectivity index (χ3v) is 7.41. The van der Waals surface area contributed by atoms with Crippen molar-refractivity contribution in [2.24, 2.45) is 0 Å². The second kappa shape index (κ2) is 12.7. The zero-order chi connectivity index (χ0) is 28.1. The second-order valence-electron chi connectivity index (χ2n) is 8.61. The topological polar surface area (TPSA) is 82.1 Å². The van der Waals surface area contributed by atoms with Gasteiger partial charge in [-0.2, -0.15) is 0 Å². The Bertz CT molecular complexity index is 1470. The summed E-state index contributed by atoms with van der Waals surface area (Å²) in [4.78, 5) is 39.7. The van der Waals surface area contributed by atoms with Crippen LogP contribution in [0.5, 0.6) is 17.2 Å². The molecule has 0 unspecified atom stereocenters. The van der Waals surface area contributed by atoms with Gasteiger partial charge in [0.2, 0.25) is 0 Å². The molecule has 202 valence electrons. The minimum Gasteiger partial charge on any atom is -0.491 e. The molecule has 1 aliphatic heterocycles. The number of aryl methyl sites for hydroxylation is 2. The normalized spacial score (nSPS) is 14.2. The van der Waals surface area contributed by atoms with E-state index in [0.29, 0.717) is 27.4 Å². The van der Waals surface area contributed by atoms with Gasteiger partial charge in [0.15, 0.2) is 11.5 Å². The number of rotatable bonds is 9. The van der Waals surface area contributed by atoms with Gasteiger partial charge < -0.3 is 14.2 Å². The van der Waals surface area contributed by atoms with Gasteiger partial charge in [-0.05, 0) is 108 Å². The number of imide groups is 1. The van der Waals surface area contributed by atoms with Crippen LogP contribution in [-0.4, -0.2) is 41.8 Å². The van der Waals surface area contributed by atoms with Crippen LogP contribution in [0.4, 0.5) is 4.79 Å². The van der Waals surface area contributed by atoms with Gasteiger partial charge in [0.25, 0.3) is 11.1 Å². The minimum atomic E-state index is -0.601. The lowest BCUT2D eigenvalue weighted by atomic mass is 10.1. The predicted octanol–water partition coefficient (Wildman–Crippen LogP) is 7.45. The Hall–Kier alpha value is -3.27. The maximum Gasteiger partial charge on any atom is 0.343 e. The van der Waals surface area contributed by atoms with Gasteiger partial charge in [0.05, 0.1) is 28.1 Å². The van der Waals surface area contributed by atoms with E-state index in [9.17, 15) is 14.4 Å². The largest absolute Gasteiger partial charge is 0.491 e. The molecule has 3 aromatic rings. The number of halogens is 2. The Labute approximate surface area is 244 Å². The summed E-state index contributed by atoms with van der Waals surface area (Å²) in [5.41, 5.74) is 2.92. The number of nitrogens with zero attached hydrogens (tertiary/aromatic N) is 1. The van der Waals surface area contributed by atoms with Crippen molar-refractivity contribution in [1.29, 1.82) is 0 Å². The highest BCUT2D eigenvalue weighted by molar-refractivity contribution is 9.10. The van der Waals surface area contributed by atoms with Crippen LogP contribution in [0, 0.1) is 13.8 Å². The van der Waals surface area contributed by atoms with Crippen molar-refractivity contribution in [3.05, 3.63) is 91.3 Å². The molecule has 10 heteroatoms. The van der Waals surface area contributed by atoms with E-state index in [0.717, 1.165) is 28.6 Å². The predicted molar refractivity (Wildman–Crippen MR) is 156 cm³/mol. The minimum absolute atomic E-state index is 0.127. The fourth-order valence-corrected chi connectivity index (χ4v) is 5.35. The summed E-state index contributed by atoms with van der Waals surface area (Å²) in [6.07, 6.45) is 1.60. The van der Waals surface area contributed by atoms with Gasteiger partial charge in [-0.15, -0.1) is 0 Å². The summed E-state index contributed by atoms with van der Waals surface area (Å²) in [7, 11) is 0. The molecule has 2 amide bonds. The lowest BCUT2D eigenvalue weighted by molar-refractivity contribution is -0.123. The number of carbonyl (C=O) groups excluding carboxylic acids is 3. The van der Waals surface area contributed by atoms with Gasteiger partial charge in [-0.25, -0.2) is 4.79 Å². The molecule has 39 heavy (non-hydrogen) atoms. The zero-order valence-corrected chi connectivity index (χ0v) is 24.6. The van der Waals surface area contributed by atoms with Gasteiger partial charge in [0.1, 0.15) is 12.4 Å². The molecular weight excluding hydrogens is 606 g/mol. The summed E-state index contributed by atoms with van der Waals surface area (Å²) >= 11 is 10.3. The number of carbonyl (C=O) groups is 3. The number of ether oxygens (including phenoxy) is 3. The maximum absolute atomic E-state index is 13.0. The van der Waals surface area contributed by atoms with E-state index in [1.807, 2.05) is 32.0 Å². The molecule has 1 fully saturated rings. The van der Waals surface area contributed by atoms with Crippen molar-refractivity contribution >= 4 is 62.5 Å². The van der Waals surface area contributed by atoms with Crippen LogP contribution >= 0.6 is 39.3 Å². The van der Waals surface area contributed by atoms with Gasteiger partial charge in [-0.3, -0.25) is 14.5 Å². The van der Waals surface area contributed by atoms with Crippen molar-refractivity contribution < 1.29 is 28.6 Å². The molecule has 0 saturated carbocycles. The first-order chi connectivity index (χ1) is 18.7. The van der Waals surface area contributed by atoms with E-state index in [1.54, 1.807) is 43.3 Å². The van der Waals surface area contributed by atoms with E-state index < -0.39 is 11.9 Å². The molecule has 0 bridgehead atoms. The van der Waals surface area contributed by atoms with E-state index in [1.165, 1.54) is 11.0 Å². The Morgan fingerprint density at radius 3 is 2.59 bits per heavy atom. The molecule has 0 aromatic heterocycles. The number of benzene rings is 3. The summed E-state index contributed by atoms with van der Waals surface area (Å²) < 4.78 is 17.6. The average molecular weight is 631 g/mol. The van der Waals surface area contributed by atoms with Crippen LogP contribution in [0.25, 0.3) is 6.08 Å². The molecule has 7 nitrogen and oxygen atoms in total. The molecule has 0 aliphatic carbocycles. The monoisotopic (exact) mass is 629 g/mol. The molecule has 3 aromatic carbocycles. The van der Waals surface area contributed by atoms with Crippen molar-refractivity contribution in [3.63, 3.8) is 0 Å². The van der Waals surface area contributed by atoms with Crippen LogP contribution in [0.2, 0.25) is 5.02 Å². The maximum atomic E-state index is 13.0. The Morgan fingerprint density at radius 1 is 1.05 bits per heavy atom. The second-order valence-corrected chi connectivity index (χ2v) is 10.9. The standard InChI is InChI=1S/C29H25BrClNO6S/c1-4-36-24-14-19(13-22(30)26(24)38-28(34)20-6-5-7-21(31)16-20)15-25-27(33)32(29(35)39-25)10-11-37-23-12-17(2)8-9-18(23)3/h5-9,12-16H,4,10-11H2,1-3H3/b25-15-. The number of hydrogen-bond donors (Lipinski definition) is 0. The molecule has 0 spiro atoms. The molecule has 4 rings (SSSR count). The summed E-state index contributed by atoms with van der Waals surface area (Å²) in [5.74, 6) is 0.212. The van der Waals surface area contributed by atoms with Crippen molar-refractivity contribution in [1.82, 2.24) is 4.90 Å². The summed E-state index contributed by atoms with van der Waals surface area (Å²) in [6.45, 7) is 6.34. The SMILES string of the molecule is CCOc1cc(/C=C2\SC(=O)N(CCOc3cc(C)ccc3C)C2=O)cc(Br)c1OC(=O)c1cccc(Cl)c1. The van der Waals surface area contributed by atoms with Gasteiger partial charge in [0, 0.05) is 5.02 Å². The lowest BCUT2D eigenvalue weighted by Crippen LogP contribution is -2.32. The lowest BCUT2D eigenvalue weighted by Gasteiger charge is -2.15. The highest BCUT2D eigenvalue weighted by Gasteiger charge is 2.35. The Morgan fingerprint density at radius 2 is 1.85 bits per heavy atom. The van der Waals surface area contributed by atoms with Crippen molar-refractivity contribution in [3.8, 4) is 17.2 Å². The molecule has 0 atom stereocenters. The molecule has 1 aliphatic rings. The molecule has 1 saturated heterocycles. The van der Waals surface area contributed by atoms with Crippen LogP contribution in [0.15, 0.2) is 64.0 Å². The number of amides is 2. The smallest absolute Gasteiger partial charge is 0.343 e. The third kappa shape index (κ3) is 7.03. The van der Waals surface area contributed by atoms with Gasteiger partial charge >= 0.3 is 5.97 Å². The number of hydrogen-bond acceptors (Lipinski definition) is 7. The van der Waals surface area contributed by atoms with Gasteiger partial charge in [-0.1, -0.05) is 29.8 Å². The first kappa shape index (κ1) is 28.7. The van der Waals surface area contributed by atoms with E-state index in [-0.39, 0.29) is 34.6 Å². The molecule has 0 N–H and O–H groups in total. The van der Waals surface area contributed by atoms with Crippen molar-refractivity contribution in [2.45, 2.75) is 20.8 Å². The quantitative estimate of drug-likeness (QED) is 0.138. The average Bonchev–Trinajstić information content (AvgIpc) is 3.15. The van der Waals surface area contributed by atoms with Crippen molar-refractivity contribution in [2.75, 3.05) is 19.8 Å². The number of thioether (sulfide) groups is 1. The number of esters is 1. The fourth-order valence-electron chi connectivity index (χ4n) is 3.75. The van der Waals surface area contributed by atoms with E-state index in [4.69, 9.17) is 25.8 Å². The summed E-state index contributed by atoms with van der Waals surface area (Å²) in [6, 6.07) is 15.6. The highest BCUT2D eigenvalue weighted by Crippen LogP contribution is 2.40. The van der Waals surface area contributed by atoms with Crippen LogP contribution < -0.4 is 14.2 Å². The highest BCUT2D eigenvalue weighted by atomic mass is 79.9. The van der Waals surface area contributed by atoms with Crippen LogP contribution in [0.3, 0.4) is 0 Å². The molecule has 0 radical (unpaired) electrons. The van der Waals surface area contributed by atoms with E-state index in [2.05, 4.69) is 15.9 Å². The molecular formula is C29H25BrClNO6S.